The van der Waals surface area contributed by atoms with Gasteiger partial charge < -0.3 is 10.5 Å². The van der Waals surface area contributed by atoms with E-state index in [9.17, 15) is 4.79 Å². The summed E-state index contributed by atoms with van der Waals surface area (Å²) in [6.45, 7) is 0. The summed E-state index contributed by atoms with van der Waals surface area (Å²) in [5.41, 5.74) is 6.57. The molecule has 0 saturated heterocycles. The van der Waals surface area contributed by atoms with Crippen molar-refractivity contribution in [2.75, 3.05) is 7.11 Å². The molecule has 1 heterocycles. The van der Waals surface area contributed by atoms with E-state index < -0.39 is 0 Å². The molecule has 1 aliphatic carbocycles. The number of aromatic nitrogens is 2. The number of aryl methyl sites for hydroxylation is 1. The number of rotatable bonds is 3. The van der Waals surface area contributed by atoms with Gasteiger partial charge in [-0.3, -0.25) is 9.48 Å². The predicted octanol–water partition coefficient (Wildman–Crippen LogP) is 1.13. The Morgan fingerprint density at radius 1 is 1.53 bits per heavy atom. The minimum atomic E-state index is -0.0898. The van der Waals surface area contributed by atoms with E-state index in [1.165, 1.54) is 0 Å². The predicted molar refractivity (Wildman–Crippen MR) is 64.0 cm³/mol. The van der Waals surface area contributed by atoms with E-state index in [-0.39, 0.29) is 17.7 Å². The van der Waals surface area contributed by atoms with E-state index in [0.717, 1.165) is 25.7 Å². The summed E-state index contributed by atoms with van der Waals surface area (Å²) in [6, 6.07) is -0.0316. The van der Waals surface area contributed by atoms with Crippen molar-refractivity contribution >= 4 is 5.78 Å². The summed E-state index contributed by atoms with van der Waals surface area (Å²) in [7, 11) is 3.30. The van der Waals surface area contributed by atoms with Crippen LogP contribution in [0.2, 0.25) is 0 Å². The maximum atomic E-state index is 12.5. The molecule has 0 spiro atoms. The van der Waals surface area contributed by atoms with Gasteiger partial charge in [-0.2, -0.15) is 5.10 Å². The lowest BCUT2D eigenvalue weighted by Gasteiger charge is -2.27. The first-order chi connectivity index (χ1) is 8.15. The summed E-state index contributed by atoms with van der Waals surface area (Å²) in [5, 5.41) is 4.06. The van der Waals surface area contributed by atoms with Gasteiger partial charge in [0.1, 0.15) is 5.69 Å². The fourth-order valence-electron chi connectivity index (χ4n) is 2.51. The molecule has 1 fully saturated rings. The lowest BCUT2D eigenvalue weighted by atomic mass is 9.81. The molecule has 0 radical (unpaired) electrons. The monoisotopic (exact) mass is 237 g/mol. The highest BCUT2D eigenvalue weighted by Crippen LogP contribution is 2.29. The molecular formula is C12H19N3O2. The van der Waals surface area contributed by atoms with Gasteiger partial charge in [-0.1, -0.05) is 12.8 Å². The normalized spacial score (nSPS) is 24.6. The zero-order valence-corrected chi connectivity index (χ0v) is 10.3. The van der Waals surface area contributed by atoms with Gasteiger partial charge in [-0.05, 0) is 12.8 Å². The third-order valence-corrected chi connectivity index (χ3v) is 3.51. The van der Waals surface area contributed by atoms with E-state index in [1.807, 2.05) is 0 Å². The second-order valence-corrected chi connectivity index (χ2v) is 4.60. The first-order valence-corrected chi connectivity index (χ1v) is 6.01. The van der Waals surface area contributed by atoms with E-state index >= 15 is 0 Å². The highest BCUT2D eigenvalue weighted by Gasteiger charge is 2.32. The Kier molecular flexibility index (Phi) is 3.47. The molecule has 2 atom stereocenters. The van der Waals surface area contributed by atoms with Crippen molar-refractivity contribution in [3.05, 3.63) is 11.9 Å². The Hall–Kier alpha value is -1.36. The smallest absolute Gasteiger partial charge is 0.189 e. The van der Waals surface area contributed by atoms with Crippen LogP contribution in [-0.4, -0.2) is 28.7 Å². The summed E-state index contributed by atoms with van der Waals surface area (Å²) in [5.74, 6) is 0.511. The van der Waals surface area contributed by atoms with Crippen molar-refractivity contribution in [3.63, 3.8) is 0 Å². The third-order valence-electron chi connectivity index (χ3n) is 3.51. The summed E-state index contributed by atoms with van der Waals surface area (Å²) >= 11 is 0. The summed E-state index contributed by atoms with van der Waals surface area (Å²) in [6.07, 6.45) is 5.56. The van der Waals surface area contributed by atoms with Gasteiger partial charge in [0.05, 0.1) is 13.3 Å². The second-order valence-electron chi connectivity index (χ2n) is 4.60. The maximum absolute atomic E-state index is 12.5. The molecule has 0 aromatic carbocycles. The molecule has 5 nitrogen and oxygen atoms in total. The fraction of sp³-hybridized carbons (Fsp3) is 0.667. The van der Waals surface area contributed by atoms with E-state index in [1.54, 1.807) is 25.0 Å². The number of hydrogen-bond acceptors (Lipinski definition) is 4. The number of ketones is 1. The minimum Gasteiger partial charge on any atom is -0.493 e. The topological polar surface area (TPSA) is 70.1 Å². The standard InChI is InChI=1S/C12H19N3O2/c1-15-11(10(17-2)7-14-15)12(16)8-5-3-4-6-9(8)13/h7-9H,3-6,13H2,1-2H3. The summed E-state index contributed by atoms with van der Waals surface area (Å²) < 4.78 is 6.74. The van der Waals surface area contributed by atoms with Crippen LogP contribution < -0.4 is 10.5 Å². The molecule has 2 unspecified atom stereocenters. The molecule has 1 aromatic rings. The van der Waals surface area contributed by atoms with Crippen LogP contribution in [0.5, 0.6) is 5.75 Å². The molecule has 1 saturated carbocycles. The van der Waals surface area contributed by atoms with Gasteiger partial charge in [-0.25, -0.2) is 0 Å². The van der Waals surface area contributed by atoms with Gasteiger partial charge in [-0.15, -0.1) is 0 Å². The van der Waals surface area contributed by atoms with Crippen molar-refractivity contribution < 1.29 is 9.53 Å². The number of ether oxygens (including phenoxy) is 1. The van der Waals surface area contributed by atoms with Gasteiger partial charge >= 0.3 is 0 Å². The van der Waals surface area contributed by atoms with Crippen LogP contribution in [0.3, 0.4) is 0 Å². The molecule has 0 aliphatic heterocycles. The Balaban J connectivity index is 2.26. The molecule has 1 aromatic heterocycles. The van der Waals surface area contributed by atoms with Crippen LogP contribution >= 0.6 is 0 Å². The largest absolute Gasteiger partial charge is 0.493 e. The highest BCUT2D eigenvalue weighted by atomic mass is 16.5. The Bertz CT molecular complexity index is 414. The Morgan fingerprint density at radius 3 is 2.88 bits per heavy atom. The van der Waals surface area contributed by atoms with Crippen molar-refractivity contribution in [2.45, 2.75) is 31.7 Å². The molecule has 2 N–H and O–H groups in total. The second kappa shape index (κ2) is 4.87. The van der Waals surface area contributed by atoms with E-state index in [4.69, 9.17) is 10.5 Å². The Morgan fingerprint density at radius 2 is 2.24 bits per heavy atom. The average molecular weight is 237 g/mol. The van der Waals surface area contributed by atoms with E-state index in [0.29, 0.717) is 11.4 Å². The van der Waals surface area contributed by atoms with Crippen LogP contribution in [0.1, 0.15) is 36.2 Å². The van der Waals surface area contributed by atoms with Crippen molar-refractivity contribution in [1.82, 2.24) is 9.78 Å². The number of Topliss-reactive ketones (excluding diaryl/α,β-unsaturated/α-hetero) is 1. The average Bonchev–Trinajstić information content (AvgIpc) is 2.70. The zero-order valence-electron chi connectivity index (χ0n) is 10.3. The van der Waals surface area contributed by atoms with Crippen molar-refractivity contribution in [1.29, 1.82) is 0 Å². The van der Waals surface area contributed by atoms with E-state index in [2.05, 4.69) is 5.10 Å². The lowest BCUT2D eigenvalue weighted by Crippen LogP contribution is -2.38. The maximum Gasteiger partial charge on any atom is 0.189 e. The number of methoxy groups -OCH3 is 1. The minimum absolute atomic E-state index is 0.0316. The number of nitrogens with zero attached hydrogens (tertiary/aromatic N) is 2. The first-order valence-electron chi connectivity index (χ1n) is 6.01. The van der Waals surface area contributed by atoms with Crippen molar-refractivity contribution in [2.24, 2.45) is 18.7 Å². The lowest BCUT2D eigenvalue weighted by molar-refractivity contribution is 0.0858. The van der Waals surface area contributed by atoms with Crippen LogP contribution in [0, 0.1) is 5.92 Å². The number of nitrogens with two attached hydrogens (primary N) is 1. The van der Waals surface area contributed by atoms with Gasteiger partial charge in [0, 0.05) is 19.0 Å². The molecule has 1 aliphatic rings. The molecule has 2 rings (SSSR count). The molecule has 0 bridgehead atoms. The molecule has 5 heteroatoms. The van der Waals surface area contributed by atoms with Gasteiger partial charge in [0.15, 0.2) is 11.5 Å². The number of hydrogen-bond donors (Lipinski definition) is 1. The van der Waals surface area contributed by atoms with Crippen molar-refractivity contribution in [3.8, 4) is 5.75 Å². The van der Waals surface area contributed by atoms with Gasteiger partial charge in [0.25, 0.3) is 0 Å². The zero-order chi connectivity index (χ0) is 12.4. The molecular weight excluding hydrogens is 218 g/mol. The Labute approximate surface area is 101 Å². The third kappa shape index (κ3) is 2.20. The summed E-state index contributed by atoms with van der Waals surface area (Å²) in [4.78, 5) is 12.5. The van der Waals surface area contributed by atoms with Crippen LogP contribution in [0.25, 0.3) is 0 Å². The quantitative estimate of drug-likeness (QED) is 0.800. The van der Waals surface area contributed by atoms with Crippen LogP contribution in [0.15, 0.2) is 6.20 Å². The fourth-order valence-corrected chi connectivity index (χ4v) is 2.51. The van der Waals surface area contributed by atoms with Crippen LogP contribution in [-0.2, 0) is 7.05 Å². The molecule has 17 heavy (non-hydrogen) atoms. The first kappa shape index (κ1) is 12.1. The molecule has 94 valence electrons. The molecule has 0 amide bonds. The number of carbonyl (C=O) groups is 1. The number of carbonyl (C=O) groups excluding carboxylic acids is 1. The SMILES string of the molecule is COc1cnn(C)c1C(=O)C1CCCCC1N. The van der Waals surface area contributed by atoms with Crippen LogP contribution in [0.4, 0.5) is 0 Å². The highest BCUT2D eigenvalue weighted by molar-refractivity contribution is 5.99. The van der Waals surface area contributed by atoms with Gasteiger partial charge in [0.2, 0.25) is 0 Å².